The number of benzene rings is 1. The minimum absolute atomic E-state index is 0.0350. The summed E-state index contributed by atoms with van der Waals surface area (Å²) in [5.74, 6) is -0.0350. The lowest BCUT2D eigenvalue weighted by Crippen LogP contribution is -2.49. The Balaban J connectivity index is 2.22. The third-order valence-corrected chi connectivity index (χ3v) is 4.94. The molecule has 0 bridgehead atoms. The van der Waals surface area contributed by atoms with Crippen LogP contribution in [0.25, 0.3) is 0 Å². The Labute approximate surface area is 156 Å². The molecule has 0 aromatic heterocycles. The van der Waals surface area contributed by atoms with Gasteiger partial charge in [-0.1, -0.05) is 37.1 Å². The molecule has 2 rings (SSSR count). The van der Waals surface area contributed by atoms with Gasteiger partial charge in [0.15, 0.2) is 0 Å². The Morgan fingerprint density at radius 1 is 1.40 bits per heavy atom. The molecule has 2 atom stereocenters. The monoisotopic (exact) mass is 367 g/mol. The molecule has 0 spiro atoms. The molecule has 0 saturated carbocycles. The molecule has 2 unspecified atom stereocenters. The van der Waals surface area contributed by atoms with Crippen molar-refractivity contribution in [2.24, 2.45) is 5.92 Å². The van der Waals surface area contributed by atoms with E-state index in [4.69, 9.17) is 16.3 Å². The number of likely N-dealkylation sites (tertiary alicyclic amines) is 1. The first-order chi connectivity index (χ1) is 11.7. The van der Waals surface area contributed by atoms with Crippen molar-refractivity contribution in [3.63, 3.8) is 0 Å². The predicted molar refractivity (Wildman–Crippen MR) is 101 cm³/mol. The fourth-order valence-corrected chi connectivity index (χ4v) is 3.77. The van der Waals surface area contributed by atoms with E-state index >= 15 is 0 Å². The maximum atomic E-state index is 12.4. The highest BCUT2D eigenvalue weighted by Crippen LogP contribution is 2.40. The van der Waals surface area contributed by atoms with Gasteiger partial charge in [0.1, 0.15) is 5.60 Å². The number of carbonyl (C=O) groups is 1. The average molecular weight is 368 g/mol. The first-order valence-corrected chi connectivity index (χ1v) is 9.50. The largest absolute Gasteiger partial charge is 0.444 e. The van der Waals surface area contributed by atoms with Crippen molar-refractivity contribution in [2.75, 3.05) is 13.1 Å². The van der Waals surface area contributed by atoms with E-state index in [0.717, 1.165) is 24.8 Å². The summed E-state index contributed by atoms with van der Waals surface area (Å²) in [5.41, 5.74) is -0.672. The first kappa shape index (κ1) is 20.1. The molecule has 140 valence electrons. The molecule has 5 heteroatoms. The molecule has 1 fully saturated rings. The fourth-order valence-electron chi connectivity index (χ4n) is 3.58. The topological polar surface area (TPSA) is 49.8 Å². The third-order valence-electron chi connectivity index (χ3n) is 4.70. The van der Waals surface area contributed by atoms with Gasteiger partial charge in [0.2, 0.25) is 0 Å². The van der Waals surface area contributed by atoms with Crippen molar-refractivity contribution in [1.82, 2.24) is 4.90 Å². The van der Waals surface area contributed by atoms with Crippen LogP contribution in [0.15, 0.2) is 24.3 Å². The molecule has 4 nitrogen and oxygen atoms in total. The van der Waals surface area contributed by atoms with Crippen LogP contribution in [0.4, 0.5) is 4.79 Å². The van der Waals surface area contributed by atoms with E-state index in [9.17, 15) is 9.90 Å². The van der Waals surface area contributed by atoms with Crippen LogP contribution in [0.5, 0.6) is 0 Å². The van der Waals surface area contributed by atoms with Crippen molar-refractivity contribution in [3.8, 4) is 0 Å². The van der Waals surface area contributed by atoms with Gasteiger partial charge >= 0.3 is 6.09 Å². The van der Waals surface area contributed by atoms with E-state index in [1.165, 1.54) is 0 Å². The Kier molecular flexibility index (Phi) is 6.39. The van der Waals surface area contributed by atoms with Crippen LogP contribution in [0.1, 0.15) is 58.9 Å². The molecular formula is C20H30ClNO3. The van der Waals surface area contributed by atoms with E-state index < -0.39 is 11.2 Å². The number of piperidine rings is 1. The summed E-state index contributed by atoms with van der Waals surface area (Å²) in [5, 5.41) is 12.1. The Morgan fingerprint density at radius 3 is 2.72 bits per heavy atom. The van der Waals surface area contributed by atoms with E-state index in [1.807, 2.05) is 45.0 Å². The summed E-state index contributed by atoms with van der Waals surface area (Å²) in [7, 11) is 0. The van der Waals surface area contributed by atoms with Gasteiger partial charge in [-0.2, -0.15) is 0 Å². The van der Waals surface area contributed by atoms with Gasteiger partial charge < -0.3 is 14.7 Å². The van der Waals surface area contributed by atoms with Crippen molar-refractivity contribution in [3.05, 3.63) is 34.9 Å². The number of amides is 1. The van der Waals surface area contributed by atoms with Gasteiger partial charge in [0.25, 0.3) is 0 Å². The number of halogens is 1. The standard InChI is InChI=1S/C20H30ClNO3/c1-5-11-20(24,15-8-6-10-17(21)13-15)16-9-7-12-22(14-16)18(23)25-19(2,3)4/h6,8,10,13,16,24H,5,7,9,11-12,14H2,1-4H3. The number of ether oxygens (including phenoxy) is 1. The van der Waals surface area contributed by atoms with Gasteiger partial charge in [0.05, 0.1) is 5.60 Å². The maximum Gasteiger partial charge on any atom is 0.410 e. The smallest absolute Gasteiger partial charge is 0.410 e. The van der Waals surface area contributed by atoms with Crippen molar-refractivity contribution in [2.45, 2.75) is 64.6 Å². The number of hydrogen-bond donors (Lipinski definition) is 1. The maximum absolute atomic E-state index is 12.4. The zero-order valence-corrected chi connectivity index (χ0v) is 16.5. The second kappa shape index (κ2) is 7.96. The molecule has 25 heavy (non-hydrogen) atoms. The van der Waals surface area contributed by atoms with E-state index in [0.29, 0.717) is 24.5 Å². The molecule has 1 aliphatic rings. The molecular weight excluding hydrogens is 338 g/mol. The molecule has 1 saturated heterocycles. The van der Waals surface area contributed by atoms with E-state index in [-0.39, 0.29) is 12.0 Å². The molecule has 1 aliphatic heterocycles. The summed E-state index contributed by atoms with van der Waals surface area (Å²) in [6, 6.07) is 7.44. The fraction of sp³-hybridized carbons (Fsp3) is 0.650. The van der Waals surface area contributed by atoms with Crippen LogP contribution in [-0.4, -0.2) is 34.8 Å². The zero-order valence-electron chi connectivity index (χ0n) is 15.7. The first-order valence-electron chi connectivity index (χ1n) is 9.12. The molecule has 1 heterocycles. The Hall–Kier alpha value is -1.26. The molecule has 1 amide bonds. The molecule has 1 aromatic rings. The van der Waals surface area contributed by atoms with Crippen molar-refractivity contribution >= 4 is 17.7 Å². The van der Waals surface area contributed by atoms with Crippen LogP contribution >= 0.6 is 11.6 Å². The summed E-state index contributed by atoms with van der Waals surface area (Å²) in [6.07, 6.45) is 2.92. The lowest BCUT2D eigenvalue weighted by Gasteiger charge is -2.43. The lowest BCUT2D eigenvalue weighted by atomic mass is 9.74. The van der Waals surface area contributed by atoms with Crippen LogP contribution in [0.2, 0.25) is 5.02 Å². The number of carbonyl (C=O) groups excluding carboxylic acids is 1. The average Bonchev–Trinajstić information content (AvgIpc) is 2.53. The Bertz CT molecular complexity index is 599. The van der Waals surface area contributed by atoms with E-state index in [2.05, 4.69) is 6.92 Å². The second-order valence-corrected chi connectivity index (χ2v) is 8.39. The second-order valence-electron chi connectivity index (χ2n) is 7.95. The predicted octanol–water partition coefficient (Wildman–Crippen LogP) is 4.97. The zero-order chi connectivity index (χ0) is 18.7. The van der Waals surface area contributed by atoms with Crippen molar-refractivity contribution in [1.29, 1.82) is 0 Å². The highest BCUT2D eigenvalue weighted by atomic mass is 35.5. The normalized spacial score (nSPS) is 20.9. The third kappa shape index (κ3) is 5.11. The van der Waals surface area contributed by atoms with E-state index in [1.54, 1.807) is 4.90 Å². The molecule has 1 N–H and O–H groups in total. The van der Waals surface area contributed by atoms with Crippen LogP contribution in [-0.2, 0) is 10.3 Å². The number of nitrogens with zero attached hydrogens (tertiary/aromatic N) is 1. The van der Waals surface area contributed by atoms with Crippen LogP contribution in [0.3, 0.4) is 0 Å². The quantitative estimate of drug-likeness (QED) is 0.816. The molecule has 1 aromatic carbocycles. The van der Waals surface area contributed by atoms with Crippen LogP contribution in [0, 0.1) is 5.92 Å². The minimum atomic E-state index is -0.986. The van der Waals surface area contributed by atoms with Gasteiger partial charge in [-0.15, -0.1) is 0 Å². The summed E-state index contributed by atoms with van der Waals surface area (Å²) in [4.78, 5) is 14.2. The highest BCUT2D eigenvalue weighted by Gasteiger charge is 2.41. The van der Waals surface area contributed by atoms with Gasteiger partial charge in [0, 0.05) is 24.0 Å². The number of rotatable bonds is 4. The summed E-state index contributed by atoms with van der Waals surface area (Å²) >= 11 is 6.15. The van der Waals surface area contributed by atoms with Crippen molar-refractivity contribution < 1.29 is 14.6 Å². The number of aliphatic hydroxyl groups is 1. The molecule has 0 radical (unpaired) electrons. The van der Waals surface area contributed by atoms with Gasteiger partial charge in [-0.25, -0.2) is 4.79 Å². The Morgan fingerprint density at radius 2 is 2.12 bits per heavy atom. The summed E-state index contributed by atoms with van der Waals surface area (Å²) < 4.78 is 5.51. The van der Waals surface area contributed by atoms with Crippen LogP contribution < -0.4 is 0 Å². The van der Waals surface area contributed by atoms with Gasteiger partial charge in [-0.05, 0) is 57.7 Å². The number of hydrogen-bond acceptors (Lipinski definition) is 3. The minimum Gasteiger partial charge on any atom is -0.444 e. The highest BCUT2D eigenvalue weighted by molar-refractivity contribution is 6.30. The van der Waals surface area contributed by atoms with Gasteiger partial charge in [-0.3, -0.25) is 0 Å². The lowest BCUT2D eigenvalue weighted by molar-refractivity contribution is -0.0627. The SMILES string of the molecule is CCCC(O)(c1cccc(Cl)c1)C1CCCN(C(=O)OC(C)(C)C)C1. The summed E-state index contributed by atoms with van der Waals surface area (Å²) in [6.45, 7) is 8.83. The molecule has 0 aliphatic carbocycles.